The van der Waals surface area contributed by atoms with Gasteiger partial charge in [0.25, 0.3) is 0 Å². The van der Waals surface area contributed by atoms with Crippen molar-refractivity contribution >= 4 is 5.97 Å². The summed E-state index contributed by atoms with van der Waals surface area (Å²) in [7, 11) is 0. The second kappa shape index (κ2) is 9.26. The lowest BCUT2D eigenvalue weighted by Crippen LogP contribution is -2.29. The van der Waals surface area contributed by atoms with Gasteiger partial charge in [-0.25, -0.2) is 0 Å². The van der Waals surface area contributed by atoms with Crippen LogP contribution >= 0.6 is 0 Å². The molecule has 0 saturated heterocycles. The van der Waals surface area contributed by atoms with E-state index in [9.17, 15) is 4.79 Å². The molecule has 7 N–H and O–H groups in total. The number of nitrogens with two attached hydrogens (primary N) is 2. The molecule has 1 atom stereocenters. The van der Waals surface area contributed by atoms with Gasteiger partial charge in [-0.05, 0) is 31.5 Å². The summed E-state index contributed by atoms with van der Waals surface area (Å²) in [5.41, 5.74) is 10.4. The number of unbranched alkanes of at least 4 members (excludes halogenated alkanes) is 1. The first-order valence-corrected chi connectivity index (χ1v) is 5.64. The first-order valence-electron chi connectivity index (χ1n) is 5.64. The minimum atomic E-state index is -0.933. The lowest BCUT2D eigenvalue weighted by atomic mass is 10.1. The highest BCUT2D eigenvalue weighted by molar-refractivity contribution is 5.72. The van der Waals surface area contributed by atoms with Gasteiger partial charge in [0.2, 0.25) is 0 Å². The molecule has 0 unspecified atom stereocenters. The Morgan fingerprint density at radius 1 is 1.17 bits per heavy atom. The minimum absolute atomic E-state index is 0.0764. The normalized spacial score (nSPS) is 11.2. The van der Waals surface area contributed by atoms with Crippen molar-refractivity contribution in [2.24, 2.45) is 11.5 Å². The predicted octanol–water partition coefficient (Wildman–Crippen LogP) is 0.625. The molecule has 0 aromatic heterocycles. The highest BCUT2D eigenvalue weighted by Crippen LogP contribution is 2.21. The molecule has 0 fully saturated rings. The number of phenolic OH excluding ortho intramolecular Hbond substituents is 2. The summed E-state index contributed by atoms with van der Waals surface area (Å²) >= 11 is 0. The average Bonchev–Trinajstić information content (AvgIpc) is 2.34. The minimum Gasteiger partial charge on any atom is -0.504 e. The van der Waals surface area contributed by atoms with Crippen LogP contribution in [0.4, 0.5) is 0 Å². The van der Waals surface area contributed by atoms with Gasteiger partial charge in [-0.15, -0.1) is 0 Å². The molecule has 0 amide bonds. The molecule has 6 heteroatoms. The molecule has 0 bridgehead atoms. The number of carboxylic acids is 1. The van der Waals surface area contributed by atoms with E-state index in [0.717, 1.165) is 12.8 Å². The molecule has 1 aromatic rings. The van der Waals surface area contributed by atoms with Gasteiger partial charge in [0.15, 0.2) is 11.5 Å². The third-order valence-electron chi connectivity index (χ3n) is 2.17. The SMILES string of the molecule is NCCCC[C@H](N)C(=O)O.Oc1ccccc1O. The quantitative estimate of drug-likeness (QED) is 0.388. The number of rotatable bonds is 5. The zero-order chi connectivity index (χ0) is 14.0. The van der Waals surface area contributed by atoms with E-state index in [-0.39, 0.29) is 11.5 Å². The maximum Gasteiger partial charge on any atom is 0.320 e. The predicted molar refractivity (Wildman–Crippen MR) is 68.3 cm³/mol. The molecule has 1 aromatic carbocycles. The first kappa shape index (κ1) is 16.2. The Labute approximate surface area is 106 Å². The summed E-state index contributed by atoms with van der Waals surface area (Å²) in [6.45, 7) is 0.604. The summed E-state index contributed by atoms with van der Waals surface area (Å²) in [6, 6.07) is 5.43. The molecule has 0 aliphatic rings. The van der Waals surface area contributed by atoms with Crippen LogP contribution in [-0.4, -0.2) is 33.9 Å². The van der Waals surface area contributed by atoms with E-state index in [1.165, 1.54) is 12.1 Å². The lowest BCUT2D eigenvalue weighted by molar-refractivity contribution is -0.138. The number of carbonyl (C=O) groups is 1. The van der Waals surface area contributed by atoms with Crippen LogP contribution in [0.15, 0.2) is 24.3 Å². The van der Waals surface area contributed by atoms with Crippen LogP contribution in [0.1, 0.15) is 19.3 Å². The fraction of sp³-hybridized carbons (Fsp3) is 0.417. The molecule has 0 saturated carbocycles. The third kappa shape index (κ3) is 7.48. The van der Waals surface area contributed by atoms with Crippen LogP contribution in [0.25, 0.3) is 0 Å². The fourth-order valence-corrected chi connectivity index (χ4v) is 1.10. The van der Waals surface area contributed by atoms with Crippen molar-refractivity contribution < 1.29 is 20.1 Å². The molecule has 0 aliphatic carbocycles. The maximum atomic E-state index is 10.1. The molecule has 1 rings (SSSR count). The standard InChI is InChI=1S/C6H14N2O2.C6H6O2/c7-4-2-1-3-5(8)6(9)10;7-5-3-1-2-4-6(5)8/h5H,1-4,7-8H2,(H,9,10);1-4,7-8H/t5-;/m0./s1. The lowest BCUT2D eigenvalue weighted by Gasteiger charge is -2.03. The second-order valence-corrected chi connectivity index (χ2v) is 3.72. The van der Waals surface area contributed by atoms with Crippen LogP contribution in [0.5, 0.6) is 11.5 Å². The van der Waals surface area contributed by atoms with Crippen LogP contribution in [0, 0.1) is 0 Å². The highest BCUT2D eigenvalue weighted by atomic mass is 16.4. The van der Waals surface area contributed by atoms with E-state index < -0.39 is 12.0 Å². The number of hydrogen-bond donors (Lipinski definition) is 5. The van der Waals surface area contributed by atoms with Crippen LogP contribution < -0.4 is 11.5 Å². The van der Waals surface area contributed by atoms with Gasteiger partial charge in [0.05, 0.1) is 0 Å². The van der Waals surface area contributed by atoms with E-state index in [2.05, 4.69) is 0 Å². The second-order valence-electron chi connectivity index (χ2n) is 3.72. The van der Waals surface area contributed by atoms with Crippen LogP contribution in [-0.2, 0) is 4.79 Å². The number of para-hydroxylation sites is 2. The summed E-state index contributed by atoms with van der Waals surface area (Å²) in [5.74, 6) is -1.09. The van der Waals surface area contributed by atoms with E-state index in [0.29, 0.717) is 13.0 Å². The Morgan fingerprint density at radius 2 is 1.67 bits per heavy atom. The Bertz CT molecular complexity index is 337. The molecule has 0 aliphatic heterocycles. The monoisotopic (exact) mass is 256 g/mol. The Balaban J connectivity index is 0.000000327. The van der Waals surface area contributed by atoms with Gasteiger partial charge in [-0.1, -0.05) is 18.6 Å². The number of aromatic hydroxyl groups is 2. The van der Waals surface area contributed by atoms with Gasteiger partial charge in [0, 0.05) is 0 Å². The number of phenols is 2. The Kier molecular flexibility index (Phi) is 8.34. The summed E-state index contributed by atoms with van der Waals surface area (Å²) < 4.78 is 0. The van der Waals surface area contributed by atoms with Crippen molar-refractivity contribution in [2.75, 3.05) is 6.54 Å². The van der Waals surface area contributed by atoms with Crippen molar-refractivity contribution in [3.05, 3.63) is 24.3 Å². The number of carboxylic acid groups (broad SMARTS) is 1. The molecular formula is C12H20N2O4. The van der Waals surface area contributed by atoms with Crippen molar-refractivity contribution in [1.29, 1.82) is 0 Å². The molecule has 0 heterocycles. The highest BCUT2D eigenvalue weighted by Gasteiger charge is 2.09. The first-order chi connectivity index (χ1) is 8.49. The van der Waals surface area contributed by atoms with Crippen molar-refractivity contribution in [2.45, 2.75) is 25.3 Å². The van der Waals surface area contributed by atoms with Gasteiger partial charge in [0.1, 0.15) is 6.04 Å². The van der Waals surface area contributed by atoms with Crippen molar-refractivity contribution in [3.8, 4) is 11.5 Å². The van der Waals surface area contributed by atoms with Crippen molar-refractivity contribution in [1.82, 2.24) is 0 Å². The topological polar surface area (TPSA) is 130 Å². The van der Waals surface area contributed by atoms with Crippen LogP contribution in [0.3, 0.4) is 0 Å². The van der Waals surface area contributed by atoms with Gasteiger partial charge >= 0.3 is 5.97 Å². The summed E-state index contributed by atoms with van der Waals surface area (Å²) in [5, 5.41) is 25.7. The molecule has 0 radical (unpaired) electrons. The number of aliphatic carboxylic acids is 1. The zero-order valence-corrected chi connectivity index (χ0v) is 10.1. The van der Waals surface area contributed by atoms with Gasteiger partial charge < -0.3 is 26.8 Å². The van der Waals surface area contributed by atoms with E-state index in [1.807, 2.05) is 0 Å². The van der Waals surface area contributed by atoms with Crippen molar-refractivity contribution in [3.63, 3.8) is 0 Å². The number of hydrogen-bond acceptors (Lipinski definition) is 5. The average molecular weight is 256 g/mol. The van der Waals surface area contributed by atoms with E-state index >= 15 is 0 Å². The molecule has 18 heavy (non-hydrogen) atoms. The molecular weight excluding hydrogens is 236 g/mol. The van der Waals surface area contributed by atoms with E-state index in [1.54, 1.807) is 12.1 Å². The zero-order valence-electron chi connectivity index (χ0n) is 10.1. The molecule has 102 valence electrons. The fourth-order valence-electron chi connectivity index (χ4n) is 1.10. The Hall–Kier alpha value is -1.79. The van der Waals surface area contributed by atoms with Crippen LogP contribution in [0.2, 0.25) is 0 Å². The summed E-state index contributed by atoms with van der Waals surface area (Å²) in [4.78, 5) is 10.1. The smallest absolute Gasteiger partial charge is 0.320 e. The largest absolute Gasteiger partial charge is 0.504 e. The van der Waals surface area contributed by atoms with Gasteiger partial charge in [-0.2, -0.15) is 0 Å². The number of benzene rings is 1. The Morgan fingerprint density at radius 3 is 2.00 bits per heavy atom. The molecule has 0 spiro atoms. The molecule has 6 nitrogen and oxygen atoms in total. The summed E-state index contributed by atoms with van der Waals surface area (Å²) in [6.07, 6.45) is 2.16. The maximum absolute atomic E-state index is 10.1. The third-order valence-corrected chi connectivity index (χ3v) is 2.17. The van der Waals surface area contributed by atoms with Gasteiger partial charge in [-0.3, -0.25) is 4.79 Å². The van der Waals surface area contributed by atoms with E-state index in [4.69, 9.17) is 26.8 Å².